The fourth-order valence-electron chi connectivity index (χ4n) is 1.87. The predicted molar refractivity (Wildman–Crippen MR) is 73.7 cm³/mol. The smallest absolute Gasteiger partial charge is 0.119 e. The van der Waals surface area contributed by atoms with Crippen LogP contribution in [-0.2, 0) is 6.42 Å². The van der Waals surface area contributed by atoms with Gasteiger partial charge in [0.15, 0.2) is 0 Å². The van der Waals surface area contributed by atoms with Gasteiger partial charge in [0.2, 0.25) is 0 Å². The maximum Gasteiger partial charge on any atom is 0.119 e. The summed E-state index contributed by atoms with van der Waals surface area (Å²) >= 11 is 0. The summed E-state index contributed by atoms with van der Waals surface area (Å²) in [7, 11) is 1.72. The zero-order valence-corrected chi connectivity index (χ0v) is 11.2. The SMILES string of the molecule is CCCCCNCCCc1cccc(OC)c1. The van der Waals surface area contributed by atoms with Crippen molar-refractivity contribution in [3.8, 4) is 5.75 Å². The second-order valence-electron chi connectivity index (χ2n) is 4.41. The first-order chi connectivity index (χ1) is 8.36. The molecule has 17 heavy (non-hydrogen) atoms. The van der Waals surface area contributed by atoms with Gasteiger partial charge in [-0.25, -0.2) is 0 Å². The van der Waals surface area contributed by atoms with Crippen molar-refractivity contribution in [2.24, 2.45) is 0 Å². The minimum atomic E-state index is 0.957. The molecule has 0 radical (unpaired) electrons. The van der Waals surface area contributed by atoms with Gasteiger partial charge in [0.05, 0.1) is 7.11 Å². The first kappa shape index (κ1) is 14.0. The van der Waals surface area contributed by atoms with E-state index in [1.165, 1.54) is 31.2 Å². The average Bonchev–Trinajstić information content (AvgIpc) is 2.38. The Hall–Kier alpha value is -1.02. The van der Waals surface area contributed by atoms with E-state index in [-0.39, 0.29) is 0 Å². The topological polar surface area (TPSA) is 21.3 Å². The molecule has 96 valence electrons. The van der Waals surface area contributed by atoms with Crippen LogP contribution in [0.2, 0.25) is 0 Å². The van der Waals surface area contributed by atoms with Crippen LogP contribution < -0.4 is 10.1 Å². The van der Waals surface area contributed by atoms with E-state index >= 15 is 0 Å². The Morgan fingerprint density at radius 3 is 2.71 bits per heavy atom. The monoisotopic (exact) mass is 235 g/mol. The van der Waals surface area contributed by atoms with Crippen molar-refractivity contribution in [1.82, 2.24) is 5.32 Å². The summed E-state index contributed by atoms with van der Waals surface area (Å²) in [4.78, 5) is 0. The first-order valence-electron chi connectivity index (χ1n) is 6.70. The molecule has 0 aliphatic rings. The molecule has 0 heterocycles. The van der Waals surface area contributed by atoms with Crippen molar-refractivity contribution in [1.29, 1.82) is 0 Å². The molecule has 0 atom stereocenters. The number of ether oxygens (including phenoxy) is 1. The molecule has 2 heteroatoms. The maximum atomic E-state index is 5.21. The van der Waals surface area contributed by atoms with Crippen LogP contribution >= 0.6 is 0 Å². The van der Waals surface area contributed by atoms with Crippen LogP contribution in [0.5, 0.6) is 5.75 Å². The van der Waals surface area contributed by atoms with Gasteiger partial charge in [-0.3, -0.25) is 0 Å². The molecule has 0 aliphatic heterocycles. The lowest BCUT2D eigenvalue weighted by molar-refractivity contribution is 0.414. The standard InChI is InChI=1S/C15H25NO/c1-3-4-5-11-16-12-7-9-14-8-6-10-15(13-14)17-2/h6,8,10,13,16H,3-5,7,9,11-12H2,1-2H3. The van der Waals surface area contributed by atoms with Crippen LogP contribution in [0.3, 0.4) is 0 Å². The maximum absolute atomic E-state index is 5.21. The van der Waals surface area contributed by atoms with Gasteiger partial charge >= 0.3 is 0 Å². The van der Waals surface area contributed by atoms with E-state index in [1.54, 1.807) is 7.11 Å². The number of hydrogen-bond donors (Lipinski definition) is 1. The molecular weight excluding hydrogens is 210 g/mol. The summed E-state index contributed by atoms with van der Waals surface area (Å²) < 4.78 is 5.21. The lowest BCUT2D eigenvalue weighted by atomic mass is 10.1. The number of nitrogens with one attached hydrogen (secondary N) is 1. The third-order valence-electron chi connectivity index (χ3n) is 2.91. The summed E-state index contributed by atoms with van der Waals surface area (Å²) in [6.07, 6.45) is 6.25. The molecule has 0 aliphatic carbocycles. The molecule has 0 saturated heterocycles. The molecular formula is C15H25NO. The third kappa shape index (κ3) is 6.32. The summed E-state index contributed by atoms with van der Waals surface area (Å²) in [5.41, 5.74) is 1.36. The average molecular weight is 235 g/mol. The van der Waals surface area contributed by atoms with E-state index in [0.717, 1.165) is 25.3 Å². The number of benzene rings is 1. The molecule has 1 aromatic rings. The second kappa shape index (κ2) is 9.06. The highest BCUT2D eigenvalue weighted by Crippen LogP contribution is 2.13. The lowest BCUT2D eigenvalue weighted by Crippen LogP contribution is -2.17. The Kier molecular flexibility index (Phi) is 7.48. The number of methoxy groups -OCH3 is 1. The summed E-state index contributed by atoms with van der Waals surface area (Å²) in [5.74, 6) is 0.957. The molecule has 1 rings (SSSR count). The molecule has 0 unspecified atom stereocenters. The van der Waals surface area contributed by atoms with E-state index in [1.807, 2.05) is 6.07 Å². The normalized spacial score (nSPS) is 10.5. The van der Waals surface area contributed by atoms with Crippen molar-refractivity contribution in [2.45, 2.75) is 39.0 Å². The van der Waals surface area contributed by atoms with Crippen LogP contribution in [0.25, 0.3) is 0 Å². The molecule has 1 aromatic carbocycles. The van der Waals surface area contributed by atoms with Crippen LogP contribution in [-0.4, -0.2) is 20.2 Å². The van der Waals surface area contributed by atoms with Gasteiger partial charge in [-0.05, 0) is 50.0 Å². The summed E-state index contributed by atoms with van der Waals surface area (Å²) in [6, 6.07) is 8.34. The minimum Gasteiger partial charge on any atom is -0.497 e. The molecule has 0 aromatic heterocycles. The van der Waals surface area contributed by atoms with Gasteiger partial charge < -0.3 is 10.1 Å². The predicted octanol–water partition coefficient (Wildman–Crippen LogP) is 3.41. The van der Waals surface area contributed by atoms with Crippen molar-refractivity contribution in [3.63, 3.8) is 0 Å². The van der Waals surface area contributed by atoms with E-state index < -0.39 is 0 Å². The summed E-state index contributed by atoms with van der Waals surface area (Å²) in [5, 5.41) is 3.49. The zero-order valence-electron chi connectivity index (χ0n) is 11.2. The van der Waals surface area contributed by atoms with Crippen molar-refractivity contribution in [3.05, 3.63) is 29.8 Å². The third-order valence-corrected chi connectivity index (χ3v) is 2.91. The van der Waals surface area contributed by atoms with Gasteiger partial charge in [0, 0.05) is 0 Å². The second-order valence-corrected chi connectivity index (χ2v) is 4.41. The molecule has 1 N–H and O–H groups in total. The fraction of sp³-hybridized carbons (Fsp3) is 0.600. The molecule has 2 nitrogen and oxygen atoms in total. The summed E-state index contributed by atoms with van der Waals surface area (Å²) in [6.45, 7) is 4.51. The highest BCUT2D eigenvalue weighted by Gasteiger charge is 1.96. The number of aryl methyl sites for hydroxylation is 1. The van der Waals surface area contributed by atoms with Crippen LogP contribution in [0, 0.1) is 0 Å². The number of hydrogen-bond acceptors (Lipinski definition) is 2. The molecule has 0 fully saturated rings. The molecule has 0 spiro atoms. The van der Waals surface area contributed by atoms with Crippen LogP contribution in [0.1, 0.15) is 38.2 Å². The highest BCUT2D eigenvalue weighted by atomic mass is 16.5. The van der Waals surface area contributed by atoms with E-state index in [4.69, 9.17) is 4.74 Å². The van der Waals surface area contributed by atoms with Crippen LogP contribution in [0.4, 0.5) is 0 Å². The van der Waals surface area contributed by atoms with E-state index in [9.17, 15) is 0 Å². The number of rotatable bonds is 9. The lowest BCUT2D eigenvalue weighted by Gasteiger charge is -2.06. The van der Waals surface area contributed by atoms with Gasteiger partial charge in [0.1, 0.15) is 5.75 Å². The van der Waals surface area contributed by atoms with E-state index in [0.29, 0.717) is 0 Å². The largest absolute Gasteiger partial charge is 0.497 e. The molecule has 0 saturated carbocycles. The van der Waals surface area contributed by atoms with Gasteiger partial charge in [-0.15, -0.1) is 0 Å². The van der Waals surface area contributed by atoms with Crippen molar-refractivity contribution in [2.75, 3.05) is 20.2 Å². The van der Waals surface area contributed by atoms with Gasteiger partial charge in [-0.2, -0.15) is 0 Å². The van der Waals surface area contributed by atoms with E-state index in [2.05, 4.69) is 30.4 Å². The quantitative estimate of drug-likeness (QED) is 0.662. The fourth-order valence-corrected chi connectivity index (χ4v) is 1.87. The Morgan fingerprint density at radius 2 is 1.94 bits per heavy atom. The minimum absolute atomic E-state index is 0.957. The first-order valence-corrected chi connectivity index (χ1v) is 6.70. The molecule has 0 bridgehead atoms. The zero-order chi connectivity index (χ0) is 12.3. The van der Waals surface area contributed by atoms with Crippen LogP contribution in [0.15, 0.2) is 24.3 Å². The Balaban J connectivity index is 2.09. The Bertz CT molecular complexity index is 299. The highest BCUT2D eigenvalue weighted by molar-refractivity contribution is 5.28. The van der Waals surface area contributed by atoms with Gasteiger partial charge in [-0.1, -0.05) is 31.9 Å². The number of unbranched alkanes of at least 4 members (excludes halogenated alkanes) is 2. The molecule has 0 amide bonds. The Labute approximate surface area is 105 Å². The van der Waals surface area contributed by atoms with Gasteiger partial charge in [0.25, 0.3) is 0 Å². The van der Waals surface area contributed by atoms with Crippen molar-refractivity contribution < 1.29 is 4.74 Å². The Morgan fingerprint density at radius 1 is 1.12 bits per heavy atom. The van der Waals surface area contributed by atoms with Crippen molar-refractivity contribution >= 4 is 0 Å².